The van der Waals surface area contributed by atoms with Gasteiger partial charge in [0.25, 0.3) is 0 Å². The Labute approximate surface area is 61.2 Å². The summed E-state index contributed by atoms with van der Waals surface area (Å²) in [4.78, 5) is 12.8. The molecule has 1 amide bonds. The van der Waals surface area contributed by atoms with E-state index in [4.69, 9.17) is 5.73 Å². The fourth-order valence-electron chi connectivity index (χ4n) is 1.29. The molecule has 1 saturated heterocycles. The van der Waals surface area contributed by atoms with E-state index >= 15 is 0 Å². The summed E-state index contributed by atoms with van der Waals surface area (Å²) in [5.74, 6) is 0.750. The topological polar surface area (TPSA) is 46.3 Å². The standard InChI is InChI=1S/C7H14N2O/c1-6-2-3-9(5-6)7(10)4-8/h6H,2-5,8H2,1H3/t6-/m1/s1. The first-order valence-electron chi connectivity index (χ1n) is 3.72. The molecule has 1 aliphatic rings. The van der Waals surface area contributed by atoms with Crippen molar-refractivity contribution in [1.82, 2.24) is 4.90 Å². The summed E-state index contributed by atoms with van der Waals surface area (Å²) < 4.78 is 0. The van der Waals surface area contributed by atoms with Crippen LogP contribution in [0.4, 0.5) is 0 Å². The van der Waals surface area contributed by atoms with Crippen molar-refractivity contribution < 1.29 is 4.79 Å². The van der Waals surface area contributed by atoms with Crippen LogP contribution in [-0.2, 0) is 4.79 Å². The van der Waals surface area contributed by atoms with E-state index < -0.39 is 0 Å². The highest BCUT2D eigenvalue weighted by Crippen LogP contribution is 2.14. The van der Waals surface area contributed by atoms with Crippen LogP contribution >= 0.6 is 0 Å². The summed E-state index contributed by atoms with van der Waals surface area (Å²) >= 11 is 0. The van der Waals surface area contributed by atoms with Gasteiger partial charge in [-0.05, 0) is 12.3 Å². The Kier molecular flexibility index (Phi) is 2.27. The molecule has 1 atom stereocenters. The van der Waals surface area contributed by atoms with Crippen LogP contribution in [0.2, 0.25) is 0 Å². The monoisotopic (exact) mass is 142 g/mol. The van der Waals surface area contributed by atoms with E-state index in [1.54, 1.807) is 0 Å². The Morgan fingerprint density at radius 3 is 2.90 bits per heavy atom. The zero-order valence-electron chi connectivity index (χ0n) is 6.34. The van der Waals surface area contributed by atoms with Gasteiger partial charge in [-0.25, -0.2) is 0 Å². The maximum absolute atomic E-state index is 11.0. The van der Waals surface area contributed by atoms with Crippen molar-refractivity contribution in [2.24, 2.45) is 11.7 Å². The molecule has 1 heterocycles. The quantitative estimate of drug-likeness (QED) is 0.551. The minimum absolute atomic E-state index is 0.0874. The SMILES string of the molecule is C[C@@H]1CCN(C(=O)CN)C1. The molecule has 0 aliphatic carbocycles. The van der Waals surface area contributed by atoms with E-state index in [0.29, 0.717) is 5.92 Å². The van der Waals surface area contributed by atoms with Gasteiger partial charge in [-0.1, -0.05) is 6.92 Å². The highest BCUT2D eigenvalue weighted by molar-refractivity contribution is 5.78. The molecule has 0 aromatic heterocycles. The number of nitrogens with zero attached hydrogens (tertiary/aromatic N) is 1. The first-order chi connectivity index (χ1) is 4.74. The average Bonchev–Trinajstić information content (AvgIpc) is 2.34. The van der Waals surface area contributed by atoms with Crippen LogP contribution in [0.1, 0.15) is 13.3 Å². The maximum Gasteiger partial charge on any atom is 0.236 e. The molecule has 1 fully saturated rings. The Hall–Kier alpha value is -0.570. The zero-order chi connectivity index (χ0) is 7.56. The zero-order valence-corrected chi connectivity index (χ0v) is 6.34. The van der Waals surface area contributed by atoms with Gasteiger partial charge in [0, 0.05) is 13.1 Å². The summed E-state index contributed by atoms with van der Waals surface area (Å²) in [6, 6.07) is 0. The van der Waals surface area contributed by atoms with Crippen molar-refractivity contribution in [2.45, 2.75) is 13.3 Å². The molecule has 10 heavy (non-hydrogen) atoms. The lowest BCUT2D eigenvalue weighted by molar-refractivity contribution is -0.128. The van der Waals surface area contributed by atoms with Crippen LogP contribution in [0.5, 0.6) is 0 Å². The fourth-order valence-corrected chi connectivity index (χ4v) is 1.29. The third kappa shape index (κ3) is 1.48. The van der Waals surface area contributed by atoms with Crippen molar-refractivity contribution in [3.63, 3.8) is 0 Å². The maximum atomic E-state index is 11.0. The molecule has 0 spiro atoms. The third-order valence-electron chi connectivity index (χ3n) is 1.95. The highest BCUT2D eigenvalue weighted by Gasteiger charge is 2.21. The second-order valence-electron chi connectivity index (χ2n) is 2.94. The van der Waals surface area contributed by atoms with Gasteiger partial charge in [0.2, 0.25) is 5.91 Å². The lowest BCUT2D eigenvalue weighted by Crippen LogP contribution is -2.33. The normalized spacial score (nSPS) is 25.4. The minimum atomic E-state index is 0.0874. The van der Waals surface area contributed by atoms with E-state index in [0.717, 1.165) is 19.5 Å². The average molecular weight is 142 g/mol. The molecule has 0 radical (unpaired) electrons. The van der Waals surface area contributed by atoms with Crippen molar-refractivity contribution in [3.8, 4) is 0 Å². The van der Waals surface area contributed by atoms with Crippen molar-refractivity contribution >= 4 is 5.91 Å². The number of amides is 1. The number of hydrogen-bond acceptors (Lipinski definition) is 2. The van der Waals surface area contributed by atoms with E-state index in [9.17, 15) is 4.79 Å². The van der Waals surface area contributed by atoms with E-state index in [1.807, 2.05) is 4.90 Å². The van der Waals surface area contributed by atoms with Gasteiger partial charge >= 0.3 is 0 Å². The van der Waals surface area contributed by atoms with Crippen molar-refractivity contribution in [3.05, 3.63) is 0 Å². The molecule has 0 bridgehead atoms. The van der Waals surface area contributed by atoms with E-state index in [1.165, 1.54) is 0 Å². The molecule has 58 valence electrons. The lowest BCUT2D eigenvalue weighted by atomic mass is 10.2. The van der Waals surface area contributed by atoms with E-state index in [2.05, 4.69) is 6.92 Å². The van der Waals surface area contributed by atoms with Crippen LogP contribution in [0.25, 0.3) is 0 Å². The van der Waals surface area contributed by atoms with Crippen LogP contribution in [0, 0.1) is 5.92 Å². The molecule has 0 aromatic rings. The Balaban J connectivity index is 2.37. The van der Waals surface area contributed by atoms with Gasteiger partial charge in [-0.15, -0.1) is 0 Å². The molecule has 0 saturated carbocycles. The molecule has 1 rings (SSSR count). The fraction of sp³-hybridized carbons (Fsp3) is 0.857. The predicted molar refractivity (Wildman–Crippen MR) is 39.4 cm³/mol. The number of nitrogens with two attached hydrogens (primary N) is 1. The van der Waals surface area contributed by atoms with Gasteiger partial charge in [0.05, 0.1) is 6.54 Å². The molecule has 0 aromatic carbocycles. The second kappa shape index (κ2) is 3.01. The number of rotatable bonds is 1. The minimum Gasteiger partial charge on any atom is -0.341 e. The summed E-state index contributed by atoms with van der Waals surface area (Å²) in [6.07, 6.45) is 1.13. The smallest absolute Gasteiger partial charge is 0.236 e. The van der Waals surface area contributed by atoms with Gasteiger partial charge in [-0.2, -0.15) is 0 Å². The number of carbonyl (C=O) groups is 1. The van der Waals surface area contributed by atoms with Crippen molar-refractivity contribution in [2.75, 3.05) is 19.6 Å². The number of hydrogen-bond donors (Lipinski definition) is 1. The summed E-state index contributed by atoms with van der Waals surface area (Å²) in [6.45, 7) is 4.11. The molecule has 2 N–H and O–H groups in total. The van der Waals surface area contributed by atoms with Crippen molar-refractivity contribution in [1.29, 1.82) is 0 Å². The predicted octanol–water partition coefficient (Wildman–Crippen LogP) is -0.187. The van der Waals surface area contributed by atoms with Crippen LogP contribution in [-0.4, -0.2) is 30.4 Å². The molecule has 0 unspecified atom stereocenters. The van der Waals surface area contributed by atoms with Gasteiger partial charge in [-0.3, -0.25) is 4.79 Å². The van der Waals surface area contributed by atoms with Gasteiger partial charge in [0.1, 0.15) is 0 Å². The highest BCUT2D eigenvalue weighted by atomic mass is 16.2. The summed E-state index contributed by atoms with van der Waals surface area (Å²) in [5, 5.41) is 0. The Morgan fingerprint density at radius 2 is 2.50 bits per heavy atom. The third-order valence-corrected chi connectivity index (χ3v) is 1.95. The molecule has 3 nitrogen and oxygen atoms in total. The first-order valence-corrected chi connectivity index (χ1v) is 3.72. The Bertz CT molecular complexity index is 136. The first kappa shape index (κ1) is 7.54. The summed E-state index contributed by atoms with van der Waals surface area (Å²) in [5.41, 5.74) is 5.21. The largest absolute Gasteiger partial charge is 0.341 e. The molecular formula is C7H14N2O. The number of carbonyl (C=O) groups excluding carboxylic acids is 1. The van der Waals surface area contributed by atoms with Gasteiger partial charge < -0.3 is 10.6 Å². The van der Waals surface area contributed by atoms with Crippen LogP contribution in [0.3, 0.4) is 0 Å². The Morgan fingerprint density at radius 1 is 1.80 bits per heavy atom. The molecular weight excluding hydrogens is 128 g/mol. The van der Waals surface area contributed by atoms with Crippen LogP contribution in [0.15, 0.2) is 0 Å². The summed E-state index contributed by atoms with van der Waals surface area (Å²) in [7, 11) is 0. The number of likely N-dealkylation sites (tertiary alicyclic amines) is 1. The lowest BCUT2D eigenvalue weighted by Gasteiger charge is -2.13. The molecule has 1 aliphatic heterocycles. The second-order valence-corrected chi connectivity index (χ2v) is 2.94. The van der Waals surface area contributed by atoms with E-state index in [-0.39, 0.29) is 12.5 Å². The molecule has 3 heteroatoms. The van der Waals surface area contributed by atoms with Crippen LogP contribution < -0.4 is 5.73 Å². The van der Waals surface area contributed by atoms with Gasteiger partial charge in [0.15, 0.2) is 0 Å².